The molecule has 4 heteroatoms. The molecular weight excluding hydrogens is 218 g/mol. The highest BCUT2D eigenvalue weighted by atomic mass is 32.2. The first kappa shape index (κ1) is 15.6. The van der Waals surface area contributed by atoms with Crippen molar-refractivity contribution in [3.05, 3.63) is 0 Å². The minimum Gasteiger partial charge on any atom is -0.356 e. The molecule has 0 heterocycles. The van der Waals surface area contributed by atoms with Crippen molar-refractivity contribution in [2.24, 2.45) is 10.4 Å². The van der Waals surface area contributed by atoms with Crippen LogP contribution in [-0.2, 0) is 0 Å². The van der Waals surface area contributed by atoms with E-state index in [1.54, 1.807) is 0 Å². The lowest BCUT2D eigenvalue weighted by atomic mass is 9.91. The molecule has 0 saturated carbocycles. The summed E-state index contributed by atoms with van der Waals surface area (Å²) in [6.45, 7) is 8.80. The third-order valence-corrected chi connectivity index (χ3v) is 2.83. The third kappa shape index (κ3) is 10.1. The molecule has 2 N–H and O–H groups in total. The van der Waals surface area contributed by atoms with E-state index in [0.717, 1.165) is 24.8 Å². The summed E-state index contributed by atoms with van der Waals surface area (Å²) in [6, 6.07) is 0. The molecule has 0 radical (unpaired) electrons. The summed E-state index contributed by atoms with van der Waals surface area (Å²) < 4.78 is 0. The molecule has 0 rings (SSSR count). The van der Waals surface area contributed by atoms with Crippen molar-refractivity contribution in [3.63, 3.8) is 0 Å². The van der Waals surface area contributed by atoms with Gasteiger partial charge in [0.05, 0.1) is 0 Å². The molecular formula is C12H27N3S. The zero-order valence-electron chi connectivity index (χ0n) is 11.4. The Labute approximate surface area is 105 Å². The smallest absolute Gasteiger partial charge is 0.191 e. The topological polar surface area (TPSA) is 36.4 Å². The second-order valence-electron chi connectivity index (χ2n) is 5.08. The van der Waals surface area contributed by atoms with Gasteiger partial charge in [-0.15, -0.1) is 0 Å². The zero-order valence-corrected chi connectivity index (χ0v) is 12.2. The van der Waals surface area contributed by atoms with Crippen molar-refractivity contribution < 1.29 is 0 Å². The van der Waals surface area contributed by atoms with Gasteiger partial charge in [-0.3, -0.25) is 4.99 Å². The van der Waals surface area contributed by atoms with Crippen molar-refractivity contribution in [1.29, 1.82) is 0 Å². The van der Waals surface area contributed by atoms with Crippen LogP contribution in [0.3, 0.4) is 0 Å². The van der Waals surface area contributed by atoms with Crippen molar-refractivity contribution in [2.75, 3.05) is 32.1 Å². The maximum absolute atomic E-state index is 4.18. The van der Waals surface area contributed by atoms with E-state index in [1.165, 1.54) is 12.8 Å². The number of nitrogens with one attached hydrogen (secondary N) is 2. The number of thioether (sulfide) groups is 1. The Bertz CT molecular complexity index is 197. The maximum Gasteiger partial charge on any atom is 0.191 e. The summed E-state index contributed by atoms with van der Waals surface area (Å²) in [7, 11) is 1.82. The highest BCUT2D eigenvalue weighted by Crippen LogP contribution is 2.19. The van der Waals surface area contributed by atoms with Gasteiger partial charge in [0.25, 0.3) is 0 Å². The summed E-state index contributed by atoms with van der Waals surface area (Å²) in [5.74, 6) is 2.03. The van der Waals surface area contributed by atoms with E-state index in [0.29, 0.717) is 5.41 Å². The van der Waals surface area contributed by atoms with Crippen molar-refractivity contribution in [2.45, 2.75) is 33.6 Å². The van der Waals surface area contributed by atoms with Crippen LogP contribution in [0, 0.1) is 5.41 Å². The Hall–Kier alpha value is -0.380. The number of guanidine groups is 1. The standard InChI is InChI=1S/C12H27N3S/c1-12(2,3)7-6-8-14-11(13-4)15-9-10-16-5/h6-10H2,1-5H3,(H2,13,14,15). The van der Waals surface area contributed by atoms with Gasteiger partial charge in [-0.05, 0) is 24.5 Å². The van der Waals surface area contributed by atoms with E-state index in [9.17, 15) is 0 Å². The summed E-state index contributed by atoms with van der Waals surface area (Å²) >= 11 is 1.84. The summed E-state index contributed by atoms with van der Waals surface area (Å²) in [4.78, 5) is 4.18. The van der Waals surface area contributed by atoms with Crippen LogP contribution in [0.4, 0.5) is 0 Å². The lowest BCUT2D eigenvalue weighted by Gasteiger charge is -2.18. The van der Waals surface area contributed by atoms with Crippen LogP contribution in [0.15, 0.2) is 4.99 Å². The fourth-order valence-electron chi connectivity index (χ4n) is 1.32. The van der Waals surface area contributed by atoms with Crippen LogP contribution in [0.5, 0.6) is 0 Å². The van der Waals surface area contributed by atoms with Crippen LogP contribution >= 0.6 is 11.8 Å². The second-order valence-corrected chi connectivity index (χ2v) is 6.07. The highest BCUT2D eigenvalue weighted by Gasteiger charge is 2.08. The van der Waals surface area contributed by atoms with E-state index in [-0.39, 0.29) is 0 Å². The van der Waals surface area contributed by atoms with Crippen LogP contribution in [-0.4, -0.2) is 38.1 Å². The Kier molecular flexibility index (Phi) is 8.53. The zero-order chi connectivity index (χ0) is 12.4. The Morgan fingerprint density at radius 3 is 2.31 bits per heavy atom. The fourth-order valence-corrected chi connectivity index (χ4v) is 1.62. The first-order valence-electron chi connectivity index (χ1n) is 5.93. The fraction of sp³-hybridized carbons (Fsp3) is 0.917. The molecule has 0 aromatic carbocycles. The van der Waals surface area contributed by atoms with E-state index in [4.69, 9.17) is 0 Å². The number of rotatable bonds is 6. The SMILES string of the molecule is CN=C(NCCCC(C)(C)C)NCCSC. The molecule has 0 aromatic rings. The number of hydrogen-bond acceptors (Lipinski definition) is 2. The van der Waals surface area contributed by atoms with Gasteiger partial charge in [-0.2, -0.15) is 11.8 Å². The van der Waals surface area contributed by atoms with Gasteiger partial charge >= 0.3 is 0 Å². The van der Waals surface area contributed by atoms with Gasteiger partial charge in [0.2, 0.25) is 0 Å². The van der Waals surface area contributed by atoms with Crippen LogP contribution in [0.1, 0.15) is 33.6 Å². The second kappa shape index (κ2) is 8.74. The first-order valence-corrected chi connectivity index (χ1v) is 7.32. The van der Waals surface area contributed by atoms with E-state index < -0.39 is 0 Å². The number of hydrogen-bond donors (Lipinski definition) is 2. The van der Waals surface area contributed by atoms with Crippen LogP contribution in [0.25, 0.3) is 0 Å². The summed E-state index contributed by atoms with van der Waals surface area (Å²) in [5, 5.41) is 6.62. The van der Waals surface area contributed by atoms with Crippen LogP contribution < -0.4 is 10.6 Å². The van der Waals surface area contributed by atoms with Gasteiger partial charge in [0.1, 0.15) is 0 Å². The average Bonchev–Trinajstić information content (AvgIpc) is 2.20. The van der Waals surface area contributed by atoms with Crippen molar-refractivity contribution in [3.8, 4) is 0 Å². The molecule has 0 aromatic heterocycles. The average molecular weight is 245 g/mol. The van der Waals surface area contributed by atoms with E-state index >= 15 is 0 Å². The van der Waals surface area contributed by atoms with Gasteiger partial charge in [0, 0.05) is 25.9 Å². The maximum atomic E-state index is 4.18. The normalized spacial score (nSPS) is 12.7. The first-order chi connectivity index (χ1) is 7.49. The monoisotopic (exact) mass is 245 g/mol. The summed E-state index contributed by atoms with van der Waals surface area (Å²) in [5.41, 5.74) is 0.428. The molecule has 0 saturated heterocycles. The molecule has 0 aliphatic carbocycles. The third-order valence-electron chi connectivity index (χ3n) is 2.22. The predicted octanol–water partition coefficient (Wildman–Crippen LogP) is 2.34. The van der Waals surface area contributed by atoms with E-state index in [2.05, 4.69) is 42.7 Å². The quantitative estimate of drug-likeness (QED) is 0.428. The van der Waals surface area contributed by atoms with Gasteiger partial charge in [0.15, 0.2) is 5.96 Å². The minimum absolute atomic E-state index is 0.428. The Morgan fingerprint density at radius 1 is 1.19 bits per heavy atom. The van der Waals surface area contributed by atoms with Gasteiger partial charge < -0.3 is 10.6 Å². The highest BCUT2D eigenvalue weighted by molar-refractivity contribution is 7.98. The molecule has 0 fully saturated rings. The predicted molar refractivity (Wildman–Crippen MR) is 76.4 cm³/mol. The Balaban J connectivity index is 3.57. The Morgan fingerprint density at radius 2 is 1.81 bits per heavy atom. The molecule has 0 bridgehead atoms. The molecule has 0 amide bonds. The number of nitrogens with zero attached hydrogens (tertiary/aromatic N) is 1. The van der Waals surface area contributed by atoms with Gasteiger partial charge in [-0.1, -0.05) is 20.8 Å². The molecule has 0 spiro atoms. The van der Waals surface area contributed by atoms with Crippen molar-refractivity contribution in [1.82, 2.24) is 10.6 Å². The summed E-state index contributed by atoms with van der Waals surface area (Å²) in [6.07, 6.45) is 4.54. The van der Waals surface area contributed by atoms with Gasteiger partial charge in [-0.25, -0.2) is 0 Å². The minimum atomic E-state index is 0.428. The molecule has 3 nitrogen and oxygen atoms in total. The largest absolute Gasteiger partial charge is 0.356 e. The molecule has 96 valence electrons. The molecule has 0 atom stereocenters. The lowest BCUT2D eigenvalue weighted by Crippen LogP contribution is -2.39. The van der Waals surface area contributed by atoms with E-state index in [1.807, 2.05) is 18.8 Å². The molecule has 16 heavy (non-hydrogen) atoms. The lowest BCUT2D eigenvalue weighted by molar-refractivity contribution is 0.365. The molecule has 0 aliphatic rings. The number of aliphatic imine (C=N–C) groups is 1. The van der Waals surface area contributed by atoms with Crippen molar-refractivity contribution >= 4 is 17.7 Å². The van der Waals surface area contributed by atoms with Crippen LogP contribution in [0.2, 0.25) is 0 Å². The molecule has 0 unspecified atom stereocenters. The molecule has 0 aliphatic heterocycles.